The molecule has 3 heteroatoms. The SMILES string of the molecule is COC(=O)CCCCC(C)C1=CCCC1=O. The number of hydrogen-bond acceptors (Lipinski definition) is 3. The highest BCUT2D eigenvalue weighted by Gasteiger charge is 2.20. The second-order valence-corrected chi connectivity index (χ2v) is 4.34. The Hall–Kier alpha value is -1.12. The summed E-state index contributed by atoms with van der Waals surface area (Å²) in [7, 11) is 1.41. The number of ketones is 1. The first-order valence-electron chi connectivity index (χ1n) is 5.95. The fraction of sp³-hybridized carbons (Fsp3) is 0.692. The van der Waals surface area contributed by atoms with Crippen LogP contribution in [0.2, 0.25) is 0 Å². The number of ether oxygens (including phenoxy) is 1. The van der Waals surface area contributed by atoms with E-state index in [2.05, 4.69) is 17.7 Å². The fourth-order valence-electron chi connectivity index (χ4n) is 2.07. The maximum atomic E-state index is 11.5. The van der Waals surface area contributed by atoms with Crippen molar-refractivity contribution in [3.05, 3.63) is 11.6 Å². The summed E-state index contributed by atoms with van der Waals surface area (Å²) in [6.45, 7) is 2.09. The number of methoxy groups -OCH3 is 1. The molecular formula is C13H20O3. The largest absolute Gasteiger partial charge is 0.469 e. The Labute approximate surface area is 96.9 Å². The molecule has 0 fully saturated rings. The third-order valence-corrected chi connectivity index (χ3v) is 3.08. The molecule has 1 atom stereocenters. The van der Waals surface area contributed by atoms with Crippen LogP contribution in [-0.2, 0) is 14.3 Å². The van der Waals surface area contributed by atoms with Gasteiger partial charge >= 0.3 is 5.97 Å². The van der Waals surface area contributed by atoms with Gasteiger partial charge < -0.3 is 4.74 Å². The van der Waals surface area contributed by atoms with Crippen molar-refractivity contribution in [1.82, 2.24) is 0 Å². The first-order valence-corrected chi connectivity index (χ1v) is 5.95. The number of rotatable bonds is 6. The maximum absolute atomic E-state index is 11.5. The van der Waals surface area contributed by atoms with Gasteiger partial charge in [-0.2, -0.15) is 0 Å². The third kappa shape index (κ3) is 3.80. The van der Waals surface area contributed by atoms with Gasteiger partial charge in [0.15, 0.2) is 5.78 Å². The minimum absolute atomic E-state index is 0.149. The second kappa shape index (κ2) is 6.46. The predicted molar refractivity (Wildman–Crippen MR) is 62.0 cm³/mol. The lowest BCUT2D eigenvalue weighted by Crippen LogP contribution is -2.07. The summed E-state index contributed by atoms with van der Waals surface area (Å²) in [4.78, 5) is 22.3. The molecule has 0 heterocycles. The van der Waals surface area contributed by atoms with Crippen molar-refractivity contribution in [2.75, 3.05) is 7.11 Å². The summed E-state index contributed by atoms with van der Waals surface area (Å²) in [5.74, 6) is 0.497. The van der Waals surface area contributed by atoms with Gasteiger partial charge in [0.2, 0.25) is 0 Å². The minimum atomic E-state index is -0.149. The zero-order valence-corrected chi connectivity index (χ0v) is 10.1. The number of carbonyl (C=O) groups is 2. The fourth-order valence-corrected chi connectivity index (χ4v) is 2.07. The Balaban J connectivity index is 2.18. The molecule has 1 aliphatic carbocycles. The van der Waals surface area contributed by atoms with Crippen LogP contribution in [0.3, 0.4) is 0 Å². The number of carbonyl (C=O) groups excluding carboxylic acids is 2. The molecule has 0 aromatic heterocycles. The third-order valence-electron chi connectivity index (χ3n) is 3.08. The summed E-state index contributed by atoms with van der Waals surface area (Å²) < 4.78 is 4.57. The molecule has 16 heavy (non-hydrogen) atoms. The molecular weight excluding hydrogens is 204 g/mol. The second-order valence-electron chi connectivity index (χ2n) is 4.34. The number of hydrogen-bond donors (Lipinski definition) is 0. The van der Waals surface area contributed by atoms with Gasteiger partial charge in [0.1, 0.15) is 0 Å². The van der Waals surface area contributed by atoms with Gasteiger partial charge in [-0.05, 0) is 30.8 Å². The monoisotopic (exact) mass is 224 g/mol. The molecule has 0 spiro atoms. The average molecular weight is 224 g/mol. The first kappa shape index (κ1) is 12.9. The molecule has 0 bridgehead atoms. The van der Waals surface area contributed by atoms with E-state index >= 15 is 0 Å². The van der Waals surface area contributed by atoms with E-state index in [1.165, 1.54) is 7.11 Å². The molecule has 0 N–H and O–H groups in total. The van der Waals surface area contributed by atoms with Gasteiger partial charge in [-0.25, -0.2) is 0 Å². The van der Waals surface area contributed by atoms with Crippen molar-refractivity contribution < 1.29 is 14.3 Å². The van der Waals surface area contributed by atoms with Crippen molar-refractivity contribution >= 4 is 11.8 Å². The van der Waals surface area contributed by atoms with E-state index in [0.29, 0.717) is 24.5 Å². The van der Waals surface area contributed by atoms with Gasteiger partial charge in [-0.15, -0.1) is 0 Å². The lowest BCUT2D eigenvalue weighted by atomic mass is 9.94. The van der Waals surface area contributed by atoms with Crippen LogP contribution in [0.15, 0.2) is 11.6 Å². The standard InChI is InChI=1S/C13H20O3/c1-10(11-7-5-8-12(11)14)6-3-4-9-13(15)16-2/h7,10H,3-6,8-9H2,1-2H3. The van der Waals surface area contributed by atoms with E-state index in [0.717, 1.165) is 31.3 Å². The van der Waals surface area contributed by atoms with Crippen LogP contribution in [-0.4, -0.2) is 18.9 Å². The smallest absolute Gasteiger partial charge is 0.305 e. The Bertz CT molecular complexity index is 292. The van der Waals surface area contributed by atoms with Gasteiger partial charge in [0, 0.05) is 12.8 Å². The van der Waals surface area contributed by atoms with Gasteiger partial charge in [0.05, 0.1) is 7.11 Å². The van der Waals surface area contributed by atoms with E-state index in [1.807, 2.05) is 0 Å². The van der Waals surface area contributed by atoms with Crippen molar-refractivity contribution in [3.63, 3.8) is 0 Å². The van der Waals surface area contributed by atoms with Crippen molar-refractivity contribution in [2.24, 2.45) is 5.92 Å². The molecule has 1 aliphatic rings. The molecule has 0 aromatic carbocycles. The van der Waals surface area contributed by atoms with Crippen LogP contribution in [0.5, 0.6) is 0 Å². The van der Waals surface area contributed by atoms with E-state index in [4.69, 9.17) is 0 Å². The molecule has 3 nitrogen and oxygen atoms in total. The topological polar surface area (TPSA) is 43.4 Å². The highest BCUT2D eigenvalue weighted by atomic mass is 16.5. The van der Waals surface area contributed by atoms with Gasteiger partial charge in [-0.3, -0.25) is 9.59 Å². The maximum Gasteiger partial charge on any atom is 0.305 e. The Morgan fingerprint density at radius 1 is 1.50 bits per heavy atom. The normalized spacial score (nSPS) is 17.1. The molecule has 0 aliphatic heterocycles. The Morgan fingerprint density at radius 2 is 2.25 bits per heavy atom. The Morgan fingerprint density at radius 3 is 2.81 bits per heavy atom. The number of esters is 1. The van der Waals surface area contributed by atoms with Crippen molar-refractivity contribution in [3.8, 4) is 0 Å². The summed E-state index contributed by atoms with van der Waals surface area (Å²) in [5.41, 5.74) is 0.998. The van der Waals surface area contributed by atoms with E-state index < -0.39 is 0 Å². The van der Waals surface area contributed by atoms with Crippen LogP contribution in [0.4, 0.5) is 0 Å². The molecule has 0 radical (unpaired) electrons. The quantitative estimate of drug-likeness (QED) is 0.514. The predicted octanol–water partition coefficient (Wildman–Crippen LogP) is 2.65. The summed E-state index contributed by atoms with van der Waals surface area (Å²) >= 11 is 0. The summed E-state index contributed by atoms with van der Waals surface area (Å²) in [6, 6.07) is 0. The van der Waals surface area contributed by atoms with Crippen molar-refractivity contribution in [1.29, 1.82) is 0 Å². The molecule has 1 rings (SSSR count). The van der Waals surface area contributed by atoms with E-state index in [1.54, 1.807) is 0 Å². The molecule has 0 amide bonds. The average Bonchev–Trinajstić information content (AvgIpc) is 2.70. The minimum Gasteiger partial charge on any atom is -0.469 e. The van der Waals surface area contributed by atoms with Crippen LogP contribution in [0.1, 0.15) is 45.4 Å². The molecule has 0 saturated carbocycles. The number of allylic oxidation sites excluding steroid dienone is 2. The van der Waals surface area contributed by atoms with Crippen LogP contribution >= 0.6 is 0 Å². The highest BCUT2D eigenvalue weighted by Crippen LogP contribution is 2.25. The lowest BCUT2D eigenvalue weighted by Gasteiger charge is -2.11. The first-order chi connectivity index (χ1) is 7.65. The summed E-state index contributed by atoms with van der Waals surface area (Å²) in [5, 5.41) is 0. The van der Waals surface area contributed by atoms with Gasteiger partial charge in [-0.1, -0.05) is 19.4 Å². The van der Waals surface area contributed by atoms with Gasteiger partial charge in [0.25, 0.3) is 0 Å². The zero-order chi connectivity index (χ0) is 12.0. The molecule has 0 saturated heterocycles. The zero-order valence-electron chi connectivity index (χ0n) is 10.1. The number of unbranched alkanes of at least 4 members (excludes halogenated alkanes) is 1. The number of Topliss-reactive ketones (excluding diaryl/α,β-unsaturated/α-hetero) is 1. The highest BCUT2D eigenvalue weighted by molar-refractivity contribution is 5.97. The molecule has 1 unspecified atom stereocenters. The molecule has 90 valence electrons. The Kier molecular flexibility index (Phi) is 5.23. The lowest BCUT2D eigenvalue weighted by molar-refractivity contribution is -0.140. The van der Waals surface area contributed by atoms with Crippen molar-refractivity contribution in [2.45, 2.75) is 45.4 Å². The van der Waals surface area contributed by atoms with E-state index in [-0.39, 0.29) is 5.97 Å². The van der Waals surface area contributed by atoms with Crippen LogP contribution in [0.25, 0.3) is 0 Å². The molecule has 0 aromatic rings. The van der Waals surface area contributed by atoms with E-state index in [9.17, 15) is 9.59 Å². The summed E-state index contributed by atoms with van der Waals surface area (Å²) in [6.07, 6.45) is 6.93. The van der Waals surface area contributed by atoms with Crippen LogP contribution in [0, 0.1) is 5.92 Å². The van der Waals surface area contributed by atoms with Crippen LogP contribution < -0.4 is 0 Å².